The Bertz CT molecular complexity index is 718. The highest BCUT2D eigenvalue weighted by Crippen LogP contribution is 2.32. The van der Waals surface area contributed by atoms with Crippen molar-refractivity contribution in [2.75, 3.05) is 13.1 Å². The van der Waals surface area contributed by atoms with Gasteiger partial charge in [0.25, 0.3) is 5.91 Å². The molecule has 0 N–H and O–H groups in total. The van der Waals surface area contributed by atoms with Gasteiger partial charge in [0.2, 0.25) is 0 Å². The van der Waals surface area contributed by atoms with Gasteiger partial charge in [-0.05, 0) is 29.7 Å². The molecule has 2 unspecified atom stereocenters. The first kappa shape index (κ1) is 14.3. The van der Waals surface area contributed by atoms with Crippen LogP contribution in [0.3, 0.4) is 0 Å². The summed E-state index contributed by atoms with van der Waals surface area (Å²) >= 11 is 0. The molecule has 0 aliphatic carbocycles. The average molecular weight is 290 g/mol. The van der Waals surface area contributed by atoms with Gasteiger partial charge in [0, 0.05) is 24.6 Å². The molecule has 1 fully saturated rings. The minimum absolute atomic E-state index is 0.0161. The predicted molar refractivity (Wildman–Crippen MR) is 85.4 cm³/mol. The van der Waals surface area contributed by atoms with E-state index >= 15 is 0 Å². The summed E-state index contributed by atoms with van der Waals surface area (Å²) < 4.78 is 0. The molecule has 22 heavy (non-hydrogen) atoms. The molecule has 1 heterocycles. The van der Waals surface area contributed by atoms with Gasteiger partial charge in [-0.3, -0.25) is 4.79 Å². The van der Waals surface area contributed by atoms with E-state index in [1.54, 1.807) is 24.3 Å². The fraction of sp³-hybridized carbons (Fsp3) is 0.263. The molecular formula is C19H18N2O. The van der Waals surface area contributed by atoms with Crippen molar-refractivity contribution in [1.29, 1.82) is 5.26 Å². The Balaban J connectivity index is 1.79. The quantitative estimate of drug-likeness (QED) is 0.850. The molecule has 3 rings (SSSR count). The van der Waals surface area contributed by atoms with Crippen LogP contribution in [-0.2, 0) is 0 Å². The van der Waals surface area contributed by atoms with E-state index in [1.165, 1.54) is 5.56 Å². The van der Waals surface area contributed by atoms with Gasteiger partial charge in [0.15, 0.2) is 0 Å². The van der Waals surface area contributed by atoms with Crippen LogP contribution >= 0.6 is 0 Å². The number of hydrogen-bond donors (Lipinski definition) is 0. The topological polar surface area (TPSA) is 44.1 Å². The van der Waals surface area contributed by atoms with Crippen LogP contribution in [0.4, 0.5) is 0 Å². The summed E-state index contributed by atoms with van der Waals surface area (Å²) in [4.78, 5) is 14.6. The van der Waals surface area contributed by atoms with E-state index in [-0.39, 0.29) is 5.91 Å². The zero-order valence-electron chi connectivity index (χ0n) is 12.6. The Morgan fingerprint density at radius 3 is 2.64 bits per heavy atom. The number of hydrogen-bond acceptors (Lipinski definition) is 2. The summed E-state index contributed by atoms with van der Waals surface area (Å²) in [5, 5.41) is 8.97. The van der Waals surface area contributed by atoms with Gasteiger partial charge in [-0.1, -0.05) is 43.3 Å². The van der Waals surface area contributed by atoms with Crippen molar-refractivity contribution in [3.63, 3.8) is 0 Å². The molecule has 1 aliphatic rings. The molecule has 1 aliphatic heterocycles. The summed E-state index contributed by atoms with van der Waals surface area (Å²) in [6.45, 7) is 3.69. The van der Waals surface area contributed by atoms with Gasteiger partial charge in [-0.25, -0.2) is 0 Å². The van der Waals surface area contributed by atoms with Gasteiger partial charge >= 0.3 is 0 Å². The van der Waals surface area contributed by atoms with E-state index in [9.17, 15) is 4.79 Å². The Hall–Kier alpha value is -2.60. The van der Waals surface area contributed by atoms with Crippen molar-refractivity contribution in [2.45, 2.75) is 12.8 Å². The Labute approximate surface area is 130 Å². The second-order valence-electron chi connectivity index (χ2n) is 5.90. The van der Waals surface area contributed by atoms with E-state index in [4.69, 9.17) is 5.26 Å². The highest BCUT2D eigenvalue weighted by molar-refractivity contribution is 5.94. The SMILES string of the molecule is CC1CN(C(=O)c2cccc(C#N)c2)CC1c1ccccc1. The van der Waals surface area contributed by atoms with Crippen molar-refractivity contribution in [3.05, 3.63) is 71.3 Å². The zero-order valence-corrected chi connectivity index (χ0v) is 12.6. The first-order valence-electron chi connectivity index (χ1n) is 7.53. The highest BCUT2D eigenvalue weighted by atomic mass is 16.2. The lowest BCUT2D eigenvalue weighted by Gasteiger charge is -2.17. The number of carbonyl (C=O) groups excluding carboxylic acids is 1. The molecule has 2 aromatic rings. The molecule has 0 radical (unpaired) electrons. The van der Waals surface area contributed by atoms with Gasteiger partial charge in [-0.2, -0.15) is 5.26 Å². The lowest BCUT2D eigenvalue weighted by Crippen LogP contribution is -2.28. The van der Waals surface area contributed by atoms with E-state index in [0.29, 0.717) is 23.0 Å². The van der Waals surface area contributed by atoms with Crippen molar-refractivity contribution in [3.8, 4) is 6.07 Å². The summed E-state index contributed by atoms with van der Waals surface area (Å²) in [7, 11) is 0. The smallest absolute Gasteiger partial charge is 0.253 e. The first-order chi connectivity index (χ1) is 10.7. The zero-order chi connectivity index (χ0) is 15.5. The molecule has 2 aromatic carbocycles. The second kappa shape index (κ2) is 6.03. The molecule has 2 atom stereocenters. The Morgan fingerprint density at radius 1 is 1.14 bits per heavy atom. The molecule has 1 saturated heterocycles. The first-order valence-corrected chi connectivity index (χ1v) is 7.53. The molecule has 3 heteroatoms. The third-order valence-electron chi connectivity index (χ3n) is 4.37. The van der Waals surface area contributed by atoms with E-state index in [2.05, 4.69) is 25.1 Å². The van der Waals surface area contributed by atoms with Crippen LogP contribution in [0.15, 0.2) is 54.6 Å². The van der Waals surface area contributed by atoms with Gasteiger partial charge in [0.1, 0.15) is 0 Å². The number of rotatable bonds is 2. The Morgan fingerprint density at radius 2 is 1.91 bits per heavy atom. The van der Waals surface area contributed by atoms with Crippen LogP contribution in [0.1, 0.15) is 34.3 Å². The molecule has 0 spiro atoms. The monoisotopic (exact) mass is 290 g/mol. The lowest BCUT2D eigenvalue weighted by molar-refractivity contribution is 0.0787. The predicted octanol–water partition coefficient (Wildman–Crippen LogP) is 3.43. The third kappa shape index (κ3) is 2.73. The van der Waals surface area contributed by atoms with Crippen LogP contribution in [0, 0.1) is 17.2 Å². The highest BCUT2D eigenvalue weighted by Gasteiger charge is 2.33. The maximum atomic E-state index is 12.7. The minimum atomic E-state index is 0.0161. The van der Waals surface area contributed by atoms with Crippen molar-refractivity contribution in [1.82, 2.24) is 4.90 Å². The second-order valence-corrected chi connectivity index (χ2v) is 5.90. The number of likely N-dealkylation sites (tertiary alicyclic amines) is 1. The van der Waals surface area contributed by atoms with Crippen molar-refractivity contribution < 1.29 is 4.79 Å². The molecule has 3 nitrogen and oxygen atoms in total. The van der Waals surface area contributed by atoms with E-state index in [0.717, 1.165) is 13.1 Å². The normalized spacial score (nSPS) is 20.6. The van der Waals surface area contributed by atoms with E-state index < -0.39 is 0 Å². The maximum Gasteiger partial charge on any atom is 0.253 e. The molecule has 110 valence electrons. The number of carbonyl (C=O) groups is 1. The maximum absolute atomic E-state index is 12.7. The lowest BCUT2D eigenvalue weighted by atomic mass is 9.90. The minimum Gasteiger partial charge on any atom is -0.338 e. The largest absolute Gasteiger partial charge is 0.338 e. The molecule has 0 saturated carbocycles. The molecule has 1 amide bonds. The van der Waals surface area contributed by atoms with Gasteiger partial charge < -0.3 is 4.90 Å². The summed E-state index contributed by atoms with van der Waals surface area (Å²) in [6, 6.07) is 19.4. The van der Waals surface area contributed by atoms with Crippen LogP contribution in [-0.4, -0.2) is 23.9 Å². The number of amides is 1. The molecule has 0 aromatic heterocycles. The summed E-state index contributed by atoms with van der Waals surface area (Å²) in [6.07, 6.45) is 0. The number of nitriles is 1. The van der Waals surface area contributed by atoms with Crippen LogP contribution in [0.2, 0.25) is 0 Å². The molecule has 0 bridgehead atoms. The fourth-order valence-electron chi connectivity index (χ4n) is 3.17. The van der Waals surface area contributed by atoms with E-state index in [1.807, 2.05) is 23.1 Å². The molecular weight excluding hydrogens is 272 g/mol. The standard InChI is InChI=1S/C19H18N2O/c1-14-12-21(13-18(14)16-7-3-2-4-8-16)19(22)17-9-5-6-15(10-17)11-20/h2-10,14,18H,12-13H2,1H3. The number of nitrogens with zero attached hydrogens (tertiary/aromatic N) is 2. The van der Waals surface area contributed by atoms with Gasteiger partial charge in [0.05, 0.1) is 11.6 Å². The number of benzene rings is 2. The van der Waals surface area contributed by atoms with Crippen molar-refractivity contribution in [2.24, 2.45) is 5.92 Å². The van der Waals surface area contributed by atoms with Crippen LogP contribution in [0.5, 0.6) is 0 Å². The summed E-state index contributed by atoms with van der Waals surface area (Å²) in [5.41, 5.74) is 2.41. The summed E-state index contributed by atoms with van der Waals surface area (Å²) in [5.74, 6) is 0.831. The van der Waals surface area contributed by atoms with Crippen LogP contribution < -0.4 is 0 Å². The Kier molecular flexibility index (Phi) is 3.93. The average Bonchev–Trinajstić information content (AvgIpc) is 2.97. The fourth-order valence-corrected chi connectivity index (χ4v) is 3.17. The van der Waals surface area contributed by atoms with Gasteiger partial charge in [-0.15, -0.1) is 0 Å². The third-order valence-corrected chi connectivity index (χ3v) is 4.37. The van der Waals surface area contributed by atoms with Crippen molar-refractivity contribution >= 4 is 5.91 Å². The van der Waals surface area contributed by atoms with Crippen LogP contribution in [0.25, 0.3) is 0 Å².